The van der Waals surface area contributed by atoms with Crippen molar-refractivity contribution in [2.45, 2.75) is 17.3 Å². The van der Waals surface area contributed by atoms with E-state index in [0.29, 0.717) is 10.8 Å². The fourth-order valence-electron chi connectivity index (χ4n) is 1.44. The van der Waals surface area contributed by atoms with Gasteiger partial charge in [-0.2, -0.15) is 0 Å². The lowest BCUT2D eigenvalue weighted by atomic mass is 10.2. The Kier molecular flexibility index (Phi) is 4.52. The van der Waals surface area contributed by atoms with Crippen molar-refractivity contribution in [2.24, 2.45) is 0 Å². The highest BCUT2D eigenvalue weighted by molar-refractivity contribution is 8.00. The Labute approximate surface area is 119 Å². The maximum absolute atomic E-state index is 12.9. The Morgan fingerprint density at radius 2 is 2.10 bits per heavy atom. The highest BCUT2D eigenvalue weighted by atomic mass is 32.2. The topological polar surface area (TPSA) is 80.9 Å². The molecule has 0 spiro atoms. The molecule has 0 saturated heterocycles. The Balaban J connectivity index is 2.01. The van der Waals surface area contributed by atoms with Gasteiger partial charge in [0.2, 0.25) is 5.91 Å². The van der Waals surface area contributed by atoms with Gasteiger partial charge in [-0.25, -0.2) is 14.4 Å². The summed E-state index contributed by atoms with van der Waals surface area (Å²) in [5.41, 5.74) is 6.21. The normalized spacial score (nSPS) is 11.9. The highest BCUT2D eigenvalue weighted by Crippen LogP contribution is 2.23. The fraction of sp³-hybridized carbons (Fsp3) is 0.154. The monoisotopic (exact) mass is 292 g/mol. The van der Waals surface area contributed by atoms with Crippen LogP contribution in [-0.4, -0.2) is 21.1 Å². The molecule has 0 aliphatic carbocycles. The van der Waals surface area contributed by atoms with Gasteiger partial charge in [-0.3, -0.25) is 4.79 Å². The molecule has 104 valence electrons. The summed E-state index contributed by atoms with van der Waals surface area (Å²) in [6, 6.07) is 5.53. The third-order valence-corrected chi connectivity index (χ3v) is 3.45. The number of nitrogens with zero attached hydrogens (tertiary/aromatic N) is 2. The molecule has 1 unspecified atom stereocenters. The molecule has 2 rings (SSSR count). The average Bonchev–Trinajstić information content (AvgIpc) is 2.43. The van der Waals surface area contributed by atoms with Crippen molar-refractivity contribution in [3.63, 3.8) is 0 Å². The molecular weight excluding hydrogens is 279 g/mol. The molecule has 1 atom stereocenters. The summed E-state index contributed by atoms with van der Waals surface area (Å²) in [7, 11) is 0. The zero-order valence-corrected chi connectivity index (χ0v) is 11.5. The first kappa shape index (κ1) is 14.3. The number of hydrogen-bond donors (Lipinski definition) is 2. The lowest BCUT2D eigenvalue weighted by Crippen LogP contribution is -2.23. The van der Waals surface area contributed by atoms with E-state index in [9.17, 15) is 9.18 Å². The molecule has 0 radical (unpaired) electrons. The van der Waals surface area contributed by atoms with Crippen molar-refractivity contribution < 1.29 is 9.18 Å². The van der Waals surface area contributed by atoms with E-state index in [-0.39, 0.29) is 11.6 Å². The number of nitrogens with one attached hydrogen (secondary N) is 1. The van der Waals surface area contributed by atoms with Crippen LogP contribution < -0.4 is 11.1 Å². The highest BCUT2D eigenvalue weighted by Gasteiger charge is 2.16. The van der Waals surface area contributed by atoms with E-state index >= 15 is 0 Å². The molecule has 0 aliphatic rings. The summed E-state index contributed by atoms with van der Waals surface area (Å²) in [6.45, 7) is 1.73. The first-order valence-electron chi connectivity index (χ1n) is 5.86. The van der Waals surface area contributed by atoms with Crippen LogP contribution in [0.15, 0.2) is 41.8 Å². The van der Waals surface area contributed by atoms with Crippen LogP contribution in [0.2, 0.25) is 0 Å². The van der Waals surface area contributed by atoms with Crippen LogP contribution in [0.5, 0.6) is 0 Å². The molecule has 0 bridgehead atoms. The Bertz CT molecular complexity index is 609. The lowest BCUT2D eigenvalue weighted by Gasteiger charge is -2.12. The molecule has 1 aromatic carbocycles. The van der Waals surface area contributed by atoms with Gasteiger partial charge in [-0.15, -0.1) is 0 Å². The second kappa shape index (κ2) is 6.33. The number of hydrogen-bond acceptors (Lipinski definition) is 5. The van der Waals surface area contributed by atoms with E-state index < -0.39 is 11.1 Å². The predicted molar refractivity (Wildman–Crippen MR) is 76.8 cm³/mol. The number of amides is 1. The zero-order chi connectivity index (χ0) is 14.5. The predicted octanol–water partition coefficient (Wildman–Crippen LogP) is 2.32. The van der Waals surface area contributed by atoms with Crippen molar-refractivity contribution in [3.8, 4) is 0 Å². The largest absolute Gasteiger partial charge is 0.397 e. The molecule has 2 aromatic rings. The first-order valence-corrected chi connectivity index (χ1v) is 6.74. The summed E-state index contributed by atoms with van der Waals surface area (Å²) < 4.78 is 12.9. The van der Waals surface area contributed by atoms with Crippen LogP contribution in [0.1, 0.15) is 6.92 Å². The van der Waals surface area contributed by atoms with Crippen LogP contribution >= 0.6 is 11.8 Å². The van der Waals surface area contributed by atoms with E-state index in [4.69, 9.17) is 5.73 Å². The van der Waals surface area contributed by atoms with Gasteiger partial charge in [0, 0.05) is 12.4 Å². The van der Waals surface area contributed by atoms with Crippen molar-refractivity contribution in [1.29, 1.82) is 0 Å². The molecule has 1 amide bonds. The number of nitrogen functional groups attached to an aromatic ring is 1. The Morgan fingerprint density at radius 3 is 2.75 bits per heavy atom. The maximum Gasteiger partial charge on any atom is 0.237 e. The molecular formula is C13H13FN4OS. The summed E-state index contributed by atoms with van der Waals surface area (Å²) in [6.07, 6.45) is 3.22. The number of benzene rings is 1. The van der Waals surface area contributed by atoms with Gasteiger partial charge in [0.1, 0.15) is 5.82 Å². The van der Waals surface area contributed by atoms with Gasteiger partial charge in [0.05, 0.1) is 16.6 Å². The van der Waals surface area contributed by atoms with Crippen LogP contribution in [0.4, 0.5) is 15.8 Å². The number of aromatic nitrogens is 2. The van der Waals surface area contributed by atoms with E-state index in [0.717, 1.165) is 6.07 Å². The zero-order valence-electron chi connectivity index (χ0n) is 10.7. The van der Waals surface area contributed by atoms with Gasteiger partial charge in [-0.05, 0) is 31.2 Å². The number of carbonyl (C=O) groups excluding carboxylic acids is 1. The summed E-state index contributed by atoms with van der Waals surface area (Å²) in [4.78, 5) is 20.1. The molecule has 1 aromatic heterocycles. The summed E-state index contributed by atoms with van der Waals surface area (Å²) >= 11 is 1.23. The first-order chi connectivity index (χ1) is 9.56. The molecule has 0 saturated carbocycles. The smallest absolute Gasteiger partial charge is 0.237 e. The number of rotatable bonds is 4. The average molecular weight is 292 g/mol. The Hall–Kier alpha value is -2.15. The van der Waals surface area contributed by atoms with Crippen LogP contribution in [0, 0.1) is 5.82 Å². The van der Waals surface area contributed by atoms with Crippen LogP contribution in [0.3, 0.4) is 0 Å². The van der Waals surface area contributed by atoms with Crippen molar-refractivity contribution in [1.82, 2.24) is 9.97 Å². The lowest BCUT2D eigenvalue weighted by molar-refractivity contribution is -0.115. The van der Waals surface area contributed by atoms with Crippen molar-refractivity contribution in [2.75, 3.05) is 11.1 Å². The van der Waals surface area contributed by atoms with Gasteiger partial charge >= 0.3 is 0 Å². The number of nitrogens with two attached hydrogens (primary N) is 1. The minimum Gasteiger partial charge on any atom is -0.397 e. The van der Waals surface area contributed by atoms with Crippen LogP contribution in [0.25, 0.3) is 0 Å². The number of carbonyl (C=O) groups is 1. The SMILES string of the molecule is CC(Sc1ncccn1)C(=O)Nc1ccc(F)cc1N. The third kappa shape index (κ3) is 3.67. The molecule has 7 heteroatoms. The minimum atomic E-state index is -0.444. The molecule has 3 N–H and O–H groups in total. The molecule has 1 heterocycles. The van der Waals surface area contributed by atoms with E-state index in [1.54, 1.807) is 25.4 Å². The second-order valence-corrected chi connectivity index (χ2v) is 5.32. The maximum atomic E-state index is 12.9. The van der Waals surface area contributed by atoms with E-state index in [1.807, 2.05) is 0 Å². The van der Waals surface area contributed by atoms with Gasteiger partial charge in [0.25, 0.3) is 0 Å². The molecule has 0 fully saturated rings. The van der Waals surface area contributed by atoms with Crippen LogP contribution in [-0.2, 0) is 4.79 Å². The van der Waals surface area contributed by atoms with Gasteiger partial charge < -0.3 is 11.1 Å². The minimum absolute atomic E-state index is 0.187. The molecule has 5 nitrogen and oxygen atoms in total. The second-order valence-electron chi connectivity index (χ2n) is 4.01. The summed E-state index contributed by atoms with van der Waals surface area (Å²) in [5.74, 6) is -0.693. The number of thioether (sulfide) groups is 1. The molecule has 20 heavy (non-hydrogen) atoms. The number of anilines is 2. The standard InChI is InChI=1S/C13H13FN4OS/c1-8(20-13-16-5-2-6-17-13)12(19)18-11-4-3-9(14)7-10(11)15/h2-8H,15H2,1H3,(H,18,19). The van der Waals surface area contributed by atoms with E-state index in [2.05, 4.69) is 15.3 Å². The van der Waals surface area contributed by atoms with Gasteiger partial charge in [0.15, 0.2) is 5.16 Å². The molecule has 0 aliphatic heterocycles. The van der Waals surface area contributed by atoms with E-state index in [1.165, 1.54) is 23.9 Å². The van der Waals surface area contributed by atoms with Crippen molar-refractivity contribution in [3.05, 3.63) is 42.5 Å². The van der Waals surface area contributed by atoms with Gasteiger partial charge in [-0.1, -0.05) is 11.8 Å². The number of halogens is 1. The fourth-order valence-corrected chi connectivity index (χ4v) is 2.17. The third-order valence-electron chi connectivity index (χ3n) is 2.46. The summed E-state index contributed by atoms with van der Waals surface area (Å²) in [5, 5.41) is 2.77. The Morgan fingerprint density at radius 1 is 1.40 bits per heavy atom. The quantitative estimate of drug-likeness (QED) is 0.513. The van der Waals surface area contributed by atoms with Crippen molar-refractivity contribution >= 4 is 29.0 Å².